The number of hydrogen-bond acceptors (Lipinski definition) is 2. The van der Waals surface area contributed by atoms with Crippen LogP contribution in [0.3, 0.4) is 0 Å². The van der Waals surface area contributed by atoms with E-state index in [0.29, 0.717) is 0 Å². The molecule has 0 saturated carbocycles. The molecule has 113 valence electrons. The summed E-state index contributed by atoms with van der Waals surface area (Å²) < 4.78 is 0. The molecule has 2 aromatic carbocycles. The van der Waals surface area contributed by atoms with Crippen molar-refractivity contribution in [2.75, 3.05) is 5.32 Å². The van der Waals surface area contributed by atoms with Crippen molar-refractivity contribution in [3.63, 3.8) is 0 Å². The van der Waals surface area contributed by atoms with Crippen LogP contribution in [-0.4, -0.2) is 4.98 Å². The van der Waals surface area contributed by atoms with Gasteiger partial charge in [0.1, 0.15) is 0 Å². The molecule has 0 aliphatic heterocycles. The van der Waals surface area contributed by atoms with E-state index in [0.717, 1.165) is 23.5 Å². The molecule has 0 spiro atoms. The van der Waals surface area contributed by atoms with Gasteiger partial charge < -0.3 is 10.3 Å². The fourth-order valence-electron chi connectivity index (χ4n) is 1.82. The van der Waals surface area contributed by atoms with Crippen molar-refractivity contribution >= 4 is 11.5 Å². The van der Waals surface area contributed by atoms with Crippen molar-refractivity contribution in [3.05, 3.63) is 97.0 Å². The van der Waals surface area contributed by atoms with Crippen LogP contribution in [-0.2, 0) is 39.1 Å². The minimum absolute atomic E-state index is 0. The van der Waals surface area contributed by atoms with Gasteiger partial charge in [0.15, 0.2) is 0 Å². The second kappa shape index (κ2) is 11.1. The van der Waals surface area contributed by atoms with Gasteiger partial charge in [0.05, 0.1) is 0 Å². The van der Waals surface area contributed by atoms with E-state index in [2.05, 4.69) is 41.5 Å². The molecule has 1 N–H and O–H groups in total. The van der Waals surface area contributed by atoms with Gasteiger partial charge in [0.2, 0.25) is 0 Å². The molecule has 3 radical (unpaired) electrons. The molecule has 0 saturated heterocycles. The number of rotatable bonds is 3. The van der Waals surface area contributed by atoms with Crippen molar-refractivity contribution in [1.29, 1.82) is 0 Å². The van der Waals surface area contributed by atoms with Crippen molar-refractivity contribution in [3.8, 4) is 0 Å². The third kappa shape index (κ3) is 7.54. The molecule has 0 atom stereocenters. The van der Waals surface area contributed by atoms with Crippen LogP contribution >= 0.6 is 0 Å². The molecule has 3 heteroatoms. The number of aromatic nitrogens is 1. The molecular formula is C20H18N2Y-2. The number of hydrogen-bond donors (Lipinski definition) is 1. The Morgan fingerprint density at radius 3 is 2.48 bits per heavy atom. The molecule has 0 aliphatic rings. The van der Waals surface area contributed by atoms with E-state index < -0.39 is 0 Å². The summed E-state index contributed by atoms with van der Waals surface area (Å²) in [6, 6.07) is 25.0. The molecule has 3 aromatic rings. The van der Waals surface area contributed by atoms with Crippen molar-refractivity contribution < 1.29 is 32.7 Å². The summed E-state index contributed by atoms with van der Waals surface area (Å²) in [4.78, 5) is 4.19. The first kappa shape index (κ1) is 19.5. The number of benzene rings is 2. The van der Waals surface area contributed by atoms with Crippen LogP contribution in [0.15, 0.2) is 66.9 Å². The Morgan fingerprint density at radius 2 is 1.91 bits per heavy atom. The van der Waals surface area contributed by atoms with Gasteiger partial charge in [-0.2, -0.15) is 48.0 Å². The second-order valence-corrected chi connectivity index (χ2v) is 4.66. The maximum absolute atomic E-state index is 5.33. The van der Waals surface area contributed by atoms with E-state index in [1.807, 2.05) is 36.4 Å². The summed E-state index contributed by atoms with van der Waals surface area (Å²) >= 11 is 0. The minimum Gasteiger partial charge on any atom is -0.393 e. The third-order valence-corrected chi connectivity index (χ3v) is 2.94. The fraction of sp³-hybridized carbons (Fsp3) is 0.100. The van der Waals surface area contributed by atoms with Gasteiger partial charge in [-0.15, -0.1) is 6.07 Å². The quantitative estimate of drug-likeness (QED) is 0.670. The van der Waals surface area contributed by atoms with Crippen LogP contribution < -0.4 is 5.32 Å². The predicted molar refractivity (Wildman–Crippen MR) is 90.9 cm³/mol. The van der Waals surface area contributed by atoms with Gasteiger partial charge in [0.25, 0.3) is 0 Å². The first-order valence-corrected chi connectivity index (χ1v) is 7.17. The fourth-order valence-corrected chi connectivity index (χ4v) is 1.82. The summed E-state index contributed by atoms with van der Waals surface area (Å²) in [5.74, 6) is 0.825. The molecule has 0 bridgehead atoms. The van der Waals surface area contributed by atoms with Crippen molar-refractivity contribution in [2.24, 2.45) is 0 Å². The van der Waals surface area contributed by atoms with Crippen LogP contribution in [0.25, 0.3) is 0 Å². The van der Waals surface area contributed by atoms with Gasteiger partial charge in [-0.1, -0.05) is 32.2 Å². The topological polar surface area (TPSA) is 24.9 Å². The standard InChI is InChI=1S/C13H13N2.C7H5.Y/c1-2-11-6-5-7-12(10-11)15-13-8-3-4-9-14-13;1-7-5-3-2-4-6-7;/h4-10H,2H2,1H3,(H,14,15);1-3,5-6H;/q2*-1;. The number of nitrogens with zero attached hydrogens (tertiary/aromatic N) is 1. The molecule has 1 heterocycles. The van der Waals surface area contributed by atoms with Crippen molar-refractivity contribution in [1.82, 2.24) is 4.98 Å². The van der Waals surface area contributed by atoms with Crippen LogP contribution in [0.4, 0.5) is 11.5 Å². The third-order valence-electron chi connectivity index (χ3n) is 2.94. The Balaban J connectivity index is 0.000000280. The molecule has 0 amide bonds. The van der Waals surface area contributed by atoms with Gasteiger partial charge in [-0.05, 0) is 24.1 Å². The monoisotopic (exact) mass is 375 g/mol. The Kier molecular flexibility index (Phi) is 9.43. The van der Waals surface area contributed by atoms with E-state index in [9.17, 15) is 0 Å². The largest absolute Gasteiger partial charge is 0.393 e. The summed E-state index contributed by atoms with van der Waals surface area (Å²) in [5.41, 5.74) is 3.16. The summed E-state index contributed by atoms with van der Waals surface area (Å²) in [5, 5.41) is 3.24. The van der Waals surface area contributed by atoms with Gasteiger partial charge in [0, 0.05) is 44.2 Å². The van der Waals surface area contributed by atoms with E-state index >= 15 is 0 Å². The number of pyridine rings is 1. The van der Waals surface area contributed by atoms with E-state index in [1.165, 1.54) is 5.56 Å². The van der Waals surface area contributed by atoms with Gasteiger partial charge in [-0.25, -0.2) is 0 Å². The molecular weight excluding hydrogens is 357 g/mol. The molecule has 0 unspecified atom stereocenters. The first-order chi connectivity index (χ1) is 10.8. The maximum Gasteiger partial charge on any atom is 0.0288 e. The molecule has 2 nitrogen and oxygen atoms in total. The zero-order valence-electron chi connectivity index (χ0n) is 13.2. The van der Waals surface area contributed by atoms with Crippen LogP contribution in [0.1, 0.15) is 18.1 Å². The Hall–Kier alpha value is -1.51. The van der Waals surface area contributed by atoms with Gasteiger partial charge >= 0.3 is 0 Å². The Morgan fingerprint density at radius 1 is 1.09 bits per heavy atom. The Bertz CT molecular complexity index is 669. The SMILES string of the molecule is CCc1cccc(Nc2c[c-]ccn2)c1.[CH]c1c[c-]ccc1.[Y]. The minimum atomic E-state index is 0. The number of aryl methyl sites for hydroxylation is 1. The van der Waals surface area contributed by atoms with Crippen LogP contribution in [0.2, 0.25) is 0 Å². The zero-order valence-corrected chi connectivity index (χ0v) is 16.0. The number of anilines is 2. The average Bonchev–Trinajstić information content (AvgIpc) is 2.57. The van der Waals surface area contributed by atoms with E-state index in [-0.39, 0.29) is 32.7 Å². The van der Waals surface area contributed by atoms with Crippen molar-refractivity contribution in [2.45, 2.75) is 13.3 Å². The van der Waals surface area contributed by atoms with Crippen LogP contribution in [0.5, 0.6) is 0 Å². The molecule has 0 fully saturated rings. The van der Waals surface area contributed by atoms with Gasteiger partial charge in [-0.3, -0.25) is 0 Å². The maximum atomic E-state index is 5.33. The molecule has 23 heavy (non-hydrogen) atoms. The summed E-state index contributed by atoms with van der Waals surface area (Å²) in [6.45, 7) is 7.47. The Labute approximate surface area is 164 Å². The van der Waals surface area contributed by atoms with Crippen LogP contribution in [0, 0.1) is 19.1 Å². The first-order valence-electron chi connectivity index (χ1n) is 7.17. The summed E-state index contributed by atoms with van der Waals surface area (Å²) in [6.07, 6.45) is 2.77. The molecule has 3 rings (SSSR count). The zero-order chi connectivity index (χ0) is 15.6. The molecule has 1 aromatic heterocycles. The predicted octanol–water partition coefficient (Wildman–Crippen LogP) is 4.73. The average molecular weight is 375 g/mol. The number of nitrogens with one attached hydrogen (secondary N) is 1. The smallest absolute Gasteiger partial charge is 0.0288 e. The normalized spacial score (nSPS) is 9.13. The second-order valence-electron chi connectivity index (χ2n) is 4.66. The molecule has 0 aliphatic carbocycles. The van der Waals surface area contributed by atoms with E-state index in [4.69, 9.17) is 6.92 Å². The van der Waals surface area contributed by atoms with E-state index in [1.54, 1.807) is 18.3 Å². The summed E-state index contributed by atoms with van der Waals surface area (Å²) in [7, 11) is 0.